The zero-order valence-electron chi connectivity index (χ0n) is 13.0. The van der Waals surface area contributed by atoms with Gasteiger partial charge in [-0.1, -0.05) is 37.1 Å². The molecule has 0 bridgehead atoms. The van der Waals surface area contributed by atoms with Gasteiger partial charge in [0.1, 0.15) is 0 Å². The number of aromatic nitrogens is 1. The number of halogens is 2. The van der Waals surface area contributed by atoms with E-state index in [0.29, 0.717) is 6.54 Å². The Balaban J connectivity index is 0.00000132. The van der Waals surface area contributed by atoms with Gasteiger partial charge in [-0.2, -0.15) is 0 Å². The van der Waals surface area contributed by atoms with Crippen molar-refractivity contribution in [2.45, 2.75) is 37.6 Å². The molecule has 1 heterocycles. The highest BCUT2D eigenvalue weighted by atomic mass is 35.5. The smallest absolute Gasteiger partial charge is 0.240 e. The number of carbonyl (C=O) groups excluding carboxylic acids is 1. The predicted octanol–water partition coefficient (Wildman–Crippen LogP) is 3.01. The predicted molar refractivity (Wildman–Crippen MR) is 98.3 cm³/mol. The number of nitrogens with zero attached hydrogens (tertiary/aromatic N) is 1. The van der Waals surface area contributed by atoms with E-state index in [0.717, 1.165) is 48.6 Å². The van der Waals surface area contributed by atoms with Gasteiger partial charge in [0.25, 0.3) is 0 Å². The van der Waals surface area contributed by atoms with Gasteiger partial charge in [-0.05, 0) is 30.9 Å². The molecule has 4 nitrogen and oxygen atoms in total. The van der Waals surface area contributed by atoms with E-state index in [1.54, 1.807) is 6.20 Å². The molecule has 0 aliphatic heterocycles. The van der Waals surface area contributed by atoms with Crippen molar-refractivity contribution in [2.24, 2.45) is 5.73 Å². The second kappa shape index (κ2) is 8.48. The summed E-state index contributed by atoms with van der Waals surface area (Å²) in [7, 11) is 0. The minimum atomic E-state index is -0.642. The van der Waals surface area contributed by atoms with Gasteiger partial charge in [-0.15, -0.1) is 24.8 Å². The van der Waals surface area contributed by atoms with Gasteiger partial charge in [-0.3, -0.25) is 9.78 Å². The molecule has 3 N–H and O–H groups in total. The third kappa shape index (κ3) is 4.34. The van der Waals surface area contributed by atoms with Crippen molar-refractivity contribution in [1.82, 2.24) is 10.3 Å². The zero-order valence-corrected chi connectivity index (χ0v) is 14.6. The molecule has 0 radical (unpaired) electrons. The van der Waals surface area contributed by atoms with Crippen LogP contribution in [-0.2, 0) is 11.2 Å². The summed E-state index contributed by atoms with van der Waals surface area (Å²) >= 11 is 0. The number of para-hydroxylation sites is 1. The van der Waals surface area contributed by atoms with E-state index in [-0.39, 0.29) is 30.7 Å². The maximum atomic E-state index is 12.2. The maximum absolute atomic E-state index is 12.2. The number of benzene rings is 1. The molecule has 0 spiro atoms. The summed E-state index contributed by atoms with van der Waals surface area (Å²) < 4.78 is 0. The maximum Gasteiger partial charge on any atom is 0.240 e. The van der Waals surface area contributed by atoms with Crippen molar-refractivity contribution >= 4 is 41.6 Å². The molecule has 3 rings (SSSR count). The topological polar surface area (TPSA) is 68.0 Å². The number of fused-ring (bicyclic) bond motifs is 1. The van der Waals surface area contributed by atoms with Crippen molar-refractivity contribution in [3.63, 3.8) is 0 Å². The highest BCUT2D eigenvalue weighted by Crippen LogP contribution is 2.27. The number of hydrogen-bond donors (Lipinski definition) is 2. The molecule has 1 aliphatic carbocycles. The lowest BCUT2D eigenvalue weighted by molar-refractivity contribution is -0.126. The standard InChI is InChI=1S/C17H21N3O.2ClH/c18-17(9-1-2-10-17)16(21)20-12-8-14-6-3-5-13-7-4-11-19-15(13)14;;/h3-7,11H,1-2,8-10,12,18H2,(H,20,21);2*1H. The largest absolute Gasteiger partial charge is 0.354 e. The van der Waals surface area contributed by atoms with Gasteiger partial charge in [0, 0.05) is 18.1 Å². The van der Waals surface area contributed by atoms with Gasteiger partial charge in [-0.25, -0.2) is 0 Å². The van der Waals surface area contributed by atoms with E-state index in [4.69, 9.17) is 5.73 Å². The van der Waals surface area contributed by atoms with Crippen molar-refractivity contribution < 1.29 is 4.79 Å². The minimum absolute atomic E-state index is 0. The third-order valence-electron chi connectivity index (χ3n) is 4.34. The van der Waals surface area contributed by atoms with Gasteiger partial charge in [0.05, 0.1) is 11.1 Å². The molecule has 23 heavy (non-hydrogen) atoms. The lowest BCUT2D eigenvalue weighted by atomic mass is 9.98. The monoisotopic (exact) mass is 355 g/mol. The molecule has 1 aromatic heterocycles. The summed E-state index contributed by atoms with van der Waals surface area (Å²) in [6.45, 7) is 0.605. The molecule has 6 heteroatoms. The summed E-state index contributed by atoms with van der Waals surface area (Å²) in [5, 5.41) is 4.12. The van der Waals surface area contributed by atoms with Crippen LogP contribution in [0.1, 0.15) is 31.2 Å². The Hall–Kier alpha value is -1.36. The Labute approximate surface area is 149 Å². The number of rotatable bonds is 4. The van der Waals surface area contributed by atoms with Gasteiger partial charge < -0.3 is 11.1 Å². The Kier molecular flexibility index (Phi) is 7.26. The lowest BCUT2D eigenvalue weighted by Gasteiger charge is -2.22. The molecule has 0 saturated heterocycles. The molecule has 126 valence electrons. The van der Waals surface area contributed by atoms with Crippen LogP contribution in [0.15, 0.2) is 36.5 Å². The van der Waals surface area contributed by atoms with Crippen molar-refractivity contribution in [3.05, 3.63) is 42.1 Å². The van der Waals surface area contributed by atoms with Crippen molar-refractivity contribution in [1.29, 1.82) is 0 Å². The first-order valence-electron chi connectivity index (χ1n) is 7.59. The Morgan fingerprint density at radius 3 is 2.61 bits per heavy atom. The summed E-state index contributed by atoms with van der Waals surface area (Å²) in [5.41, 5.74) is 7.68. The first-order chi connectivity index (χ1) is 10.2. The summed E-state index contributed by atoms with van der Waals surface area (Å²) in [5.74, 6) is -0.00630. The number of amides is 1. The van der Waals surface area contributed by atoms with E-state index in [1.165, 1.54) is 0 Å². The molecule has 0 unspecified atom stereocenters. The minimum Gasteiger partial charge on any atom is -0.354 e. The Morgan fingerprint density at radius 1 is 1.17 bits per heavy atom. The van der Waals surface area contributed by atoms with Crippen LogP contribution in [0.5, 0.6) is 0 Å². The van der Waals surface area contributed by atoms with Gasteiger partial charge >= 0.3 is 0 Å². The van der Waals surface area contributed by atoms with E-state index < -0.39 is 5.54 Å². The average Bonchev–Trinajstić information content (AvgIpc) is 2.95. The van der Waals surface area contributed by atoms with Gasteiger partial charge in [0.15, 0.2) is 0 Å². The molecule has 1 aromatic carbocycles. The van der Waals surface area contributed by atoms with Crippen LogP contribution < -0.4 is 11.1 Å². The molecule has 2 aromatic rings. The number of pyridine rings is 1. The first kappa shape index (κ1) is 19.7. The number of nitrogens with two attached hydrogens (primary N) is 1. The average molecular weight is 356 g/mol. The summed E-state index contributed by atoms with van der Waals surface area (Å²) in [4.78, 5) is 16.6. The molecular formula is C17H23Cl2N3O. The molecular weight excluding hydrogens is 333 g/mol. The highest BCUT2D eigenvalue weighted by Gasteiger charge is 2.36. The quantitative estimate of drug-likeness (QED) is 0.885. The first-order valence-corrected chi connectivity index (χ1v) is 7.59. The van der Waals surface area contributed by atoms with Crippen molar-refractivity contribution in [2.75, 3.05) is 6.54 Å². The van der Waals surface area contributed by atoms with Crippen molar-refractivity contribution in [3.8, 4) is 0 Å². The van der Waals surface area contributed by atoms with E-state index in [1.807, 2.05) is 12.1 Å². The van der Waals surface area contributed by atoms with Crippen LogP contribution in [0.2, 0.25) is 0 Å². The second-order valence-corrected chi connectivity index (χ2v) is 5.86. The van der Waals surface area contributed by atoms with Gasteiger partial charge in [0.2, 0.25) is 5.91 Å². The fraction of sp³-hybridized carbons (Fsp3) is 0.412. The summed E-state index contributed by atoms with van der Waals surface area (Å²) in [6, 6.07) is 10.1. The lowest BCUT2D eigenvalue weighted by Crippen LogP contribution is -2.52. The number of hydrogen-bond acceptors (Lipinski definition) is 3. The van der Waals surface area contributed by atoms with Crippen LogP contribution in [-0.4, -0.2) is 23.0 Å². The van der Waals surface area contributed by atoms with Crippen LogP contribution in [0.25, 0.3) is 10.9 Å². The Morgan fingerprint density at radius 2 is 1.87 bits per heavy atom. The molecule has 1 fully saturated rings. The zero-order chi connectivity index (χ0) is 14.7. The van der Waals surface area contributed by atoms with E-state index in [2.05, 4.69) is 28.5 Å². The molecule has 0 atom stereocenters. The second-order valence-electron chi connectivity index (χ2n) is 5.86. The SMILES string of the molecule is Cl.Cl.NC1(C(=O)NCCc2cccc3cccnc23)CCCC1. The van der Waals surface area contributed by atoms with Crippen LogP contribution in [0.3, 0.4) is 0 Å². The molecule has 1 amide bonds. The van der Waals surface area contributed by atoms with E-state index in [9.17, 15) is 4.79 Å². The highest BCUT2D eigenvalue weighted by molar-refractivity contribution is 5.86. The van der Waals surface area contributed by atoms with Crippen LogP contribution in [0.4, 0.5) is 0 Å². The fourth-order valence-corrected chi connectivity index (χ4v) is 3.09. The van der Waals surface area contributed by atoms with E-state index >= 15 is 0 Å². The number of nitrogens with one attached hydrogen (secondary N) is 1. The van der Waals surface area contributed by atoms with Crippen LogP contribution in [0, 0.1) is 0 Å². The molecule has 1 saturated carbocycles. The molecule has 1 aliphatic rings. The van der Waals surface area contributed by atoms with Crippen LogP contribution >= 0.6 is 24.8 Å². The number of carbonyl (C=O) groups is 1. The normalized spacial score (nSPS) is 15.5. The third-order valence-corrected chi connectivity index (χ3v) is 4.34. The summed E-state index contributed by atoms with van der Waals surface area (Å²) in [6.07, 6.45) is 6.28. The Bertz CT molecular complexity index is 652. The fourth-order valence-electron chi connectivity index (χ4n) is 3.09.